The first-order chi connectivity index (χ1) is 13.7. The lowest BCUT2D eigenvalue weighted by Gasteiger charge is -2.36. The number of nitriles is 1. The number of anilines is 1. The summed E-state index contributed by atoms with van der Waals surface area (Å²) in [6, 6.07) is 2.75. The number of carbonyl (C=O) groups excluding carboxylic acids is 1. The van der Waals surface area contributed by atoms with Gasteiger partial charge in [0.1, 0.15) is 11.7 Å². The number of nitrogens with one attached hydrogen (secondary N) is 1. The molecule has 7 nitrogen and oxygen atoms in total. The van der Waals surface area contributed by atoms with Gasteiger partial charge in [-0.05, 0) is 36.8 Å². The summed E-state index contributed by atoms with van der Waals surface area (Å²) >= 11 is 0. The van der Waals surface area contributed by atoms with Crippen molar-refractivity contribution in [1.82, 2.24) is 14.9 Å². The molecule has 28 heavy (non-hydrogen) atoms. The Bertz CT molecular complexity index is 985. The zero-order valence-corrected chi connectivity index (χ0v) is 15.7. The van der Waals surface area contributed by atoms with Crippen LogP contribution in [0.3, 0.4) is 0 Å². The second-order valence-electron chi connectivity index (χ2n) is 7.88. The highest BCUT2D eigenvalue weighted by atomic mass is 16.5. The largest absolute Gasteiger partial charge is 0.381 e. The molecule has 0 aliphatic carbocycles. The van der Waals surface area contributed by atoms with E-state index in [9.17, 15) is 10.1 Å². The van der Waals surface area contributed by atoms with E-state index in [1.54, 1.807) is 6.20 Å². The van der Waals surface area contributed by atoms with Gasteiger partial charge in [0.05, 0.1) is 17.3 Å². The molecule has 7 heteroatoms. The molecule has 2 aromatic heterocycles. The lowest BCUT2D eigenvalue weighted by atomic mass is 9.90. The average molecular weight is 377 g/mol. The average Bonchev–Trinajstić information content (AvgIpc) is 3.46. The lowest BCUT2D eigenvalue weighted by Crippen LogP contribution is -2.48. The predicted octanol–water partition coefficient (Wildman–Crippen LogP) is 2.30. The van der Waals surface area contributed by atoms with Gasteiger partial charge in [0, 0.05) is 50.1 Å². The Morgan fingerprint density at radius 3 is 2.86 bits per heavy atom. The van der Waals surface area contributed by atoms with Crippen molar-refractivity contribution in [3.63, 3.8) is 0 Å². The molecule has 3 aliphatic rings. The maximum atomic E-state index is 12.1. The molecule has 5 heterocycles. The Morgan fingerprint density at radius 2 is 2.18 bits per heavy atom. The van der Waals surface area contributed by atoms with Crippen LogP contribution in [-0.4, -0.2) is 59.2 Å². The first kappa shape index (κ1) is 17.3. The van der Waals surface area contributed by atoms with E-state index < -0.39 is 0 Å². The van der Waals surface area contributed by atoms with Crippen molar-refractivity contribution < 1.29 is 9.53 Å². The van der Waals surface area contributed by atoms with Crippen LogP contribution < -0.4 is 4.90 Å². The van der Waals surface area contributed by atoms with Gasteiger partial charge in [-0.25, -0.2) is 4.98 Å². The fraction of sp³-hybridized carbons (Fsp3) is 0.476. The number of amides is 1. The van der Waals surface area contributed by atoms with E-state index >= 15 is 0 Å². The van der Waals surface area contributed by atoms with Crippen LogP contribution in [0.5, 0.6) is 0 Å². The zero-order chi connectivity index (χ0) is 19.3. The highest BCUT2D eigenvalue weighted by Crippen LogP contribution is 2.43. The van der Waals surface area contributed by atoms with E-state index in [2.05, 4.69) is 33.7 Å². The molecule has 2 atom stereocenters. The minimum atomic E-state index is -0.00271. The van der Waals surface area contributed by atoms with Crippen molar-refractivity contribution in [2.24, 2.45) is 0 Å². The number of piperazine rings is 1. The number of aromatic nitrogens is 2. The van der Waals surface area contributed by atoms with Gasteiger partial charge < -0.3 is 19.5 Å². The summed E-state index contributed by atoms with van der Waals surface area (Å²) in [4.78, 5) is 24.2. The summed E-state index contributed by atoms with van der Waals surface area (Å²) in [6.07, 6.45) is 8.02. The number of ether oxygens (including phenoxy) is 1. The number of hydrogen-bond donors (Lipinski definition) is 1. The molecule has 2 bridgehead atoms. The molecule has 0 radical (unpaired) electrons. The second kappa shape index (κ2) is 6.64. The highest BCUT2D eigenvalue weighted by Gasteiger charge is 2.46. The van der Waals surface area contributed by atoms with Crippen LogP contribution in [0.25, 0.3) is 11.0 Å². The van der Waals surface area contributed by atoms with E-state index in [0.29, 0.717) is 18.0 Å². The third-order valence-electron chi connectivity index (χ3n) is 6.47. The van der Waals surface area contributed by atoms with E-state index in [-0.39, 0.29) is 18.0 Å². The molecule has 3 fully saturated rings. The molecule has 144 valence electrons. The van der Waals surface area contributed by atoms with E-state index in [1.807, 2.05) is 4.90 Å². The third-order valence-corrected chi connectivity index (χ3v) is 6.47. The Labute approximate surface area is 163 Å². The number of hydrogen-bond acceptors (Lipinski definition) is 5. The molecule has 0 aromatic carbocycles. The van der Waals surface area contributed by atoms with Crippen molar-refractivity contribution in [2.75, 3.05) is 31.2 Å². The predicted molar refractivity (Wildman–Crippen MR) is 105 cm³/mol. The maximum Gasteiger partial charge on any atom is 0.246 e. The number of H-pyrrole nitrogens is 1. The molecule has 1 amide bonds. The fourth-order valence-corrected chi connectivity index (χ4v) is 5.14. The quantitative estimate of drug-likeness (QED) is 0.830. The molecule has 0 unspecified atom stereocenters. The SMILES string of the molecule is C=CC(=O)N1C[C@@H]2C[C@H]1CN2c1c(C#N)cnc2[nH]cc(C3CCOCC3)c12. The summed E-state index contributed by atoms with van der Waals surface area (Å²) < 4.78 is 5.54. The Kier molecular flexibility index (Phi) is 4.09. The number of rotatable bonds is 3. The van der Waals surface area contributed by atoms with Gasteiger partial charge in [-0.2, -0.15) is 5.26 Å². The summed E-state index contributed by atoms with van der Waals surface area (Å²) in [5, 5.41) is 10.9. The molecule has 1 N–H and O–H groups in total. The second-order valence-corrected chi connectivity index (χ2v) is 7.88. The van der Waals surface area contributed by atoms with Crippen molar-refractivity contribution >= 4 is 22.6 Å². The molecule has 0 spiro atoms. The van der Waals surface area contributed by atoms with E-state index in [1.165, 1.54) is 11.6 Å². The zero-order valence-electron chi connectivity index (χ0n) is 15.7. The van der Waals surface area contributed by atoms with Crippen LogP contribution in [0.1, 0.15) is 36.3 Å². The highest BCUT2D eigenvalue weighted by molar-refractivity contribution is 5.97. The molecule has 3 aliphatic heterocycles. The maximum absolute atomic E-state index is 12.1. The minimum absolute atomic E-state index is 0.00271. The van der Waals surface area contributed by atoms with Gasteiger partial charge >= 0.3 is 0 Å². The number of pyridine rings is 1. The topological polar surface area (TPSA) is 85.3 Å². The van der Waals surface area contributed by atoms with Gasteiger partial charge in [0.25, 0.3) is 0 Å². The van der Waals surface area contributed by atoms with Crippen molar-refractivity contribution in [1.29, 1.82) is 5.26 Å². The number of carbonyl (C=O) groups is 1. The van der Waals surface area contributed by atoms with Crippen molar-refractivity contribution in [3.05, 3.63) is 36.2 Å². The Hall–Kier alpha value is -2.85. The van der Waals surface area contributed by atoms with Crippen LogP contribution in [0.2, 0.25) is 0 Å². The number of aromatic amines is 1. The summed E-state index contributed by atoms with van der Waals surface area (Å²) in [7, 11) is 0. The van der Waals surface area contributed by atoms with Crippen molar-refractivity contribution in [3.8, 4) is 6.07 Å². The smallest absolute Gasteiger partial charge is 0.246 e. The molecule has 5 rings (SSSR count). The number of likely N-dealkylation sites (tertiary alicyclic amines) is 1. The molecular formula is C21H23N5O2. The first-order valence-corrected chi connectivity index (χ1v) is 9.88. The van der Waals surface area contributed by atoms with Crippen LogP contribution in [0.15, 0.2) is 25.0 Å². The standard InChI is InChI=1S/C21H23N5O2/c1-2-18(27)25-11-16-7-15(25)12-26(16)20-14(8-22)9-23-21-19(20)17(10-24-21)13-3-5-28-6-4-13/h2,9-10,13,15-16H,1,3-7,11-12H2,(H,23,24)/t15-,16-/m0/s1. The normalized spacial score (nSPS) is 24.7. The Morgan fingerprint density at radius 1 is 1.36 bits per heavy atom. The van der Waals surface area contributed by atoms with Crippen LogP contribution in [0.4, 0.5) is 5.69 Å². The van der Waals surface area contributed by atoms with Crippen LogP contribution >= 0.6 is 0 Å². The molecule has 3 saturated heterocycles. The van der Waals surface area contributed by atoms with Gasteiger partial charge in [-0.3, -0.25) is 4.79 Å². The summed E-state index contributed by atoms with van der Waals surface area (Å²) in [6.45, 7) is 6.59. The van der Waals surface area contributed by atoms with Gasteiger partial charge in [-0.15, -0.1) is 0 Å². The molecule has 0 saturated carbocycles. The van der Waals surface area contributed by atoms with E-state index in [4.69, 9.17) is 4.74 Å². The van der Waals surface area contributed by atoms with Gasteiger partial charge in [0.2, 0.25) is 5.91 Å². The van der Waals surface area contributed by atoms with Gasteiger partial charge in [-0.1, -0.05) is 6.58 Å². The van der Waals surface area contributed by atoms with Crippen molar-refractivity contribution in [2.45, 2.75) is 37.3 Å². The molecular weight excluding hydrogens is 354 g/mol. The lowest BCUT2D eigenvalue weighted by molar-refractivity contribution is -0.127. The number of fused-ring (bicyclic) bond motifs is 3. The minimum Gasteiger partial charge on any atom is -0.381 e. The number of nitrogens with zero attached hydrogens (tertiary/aromatic N) is 4. The monoisotopic (exact) mass is 377 g/mol. The molecule has 2 aromatic rings. The summed E-state index contributed by atoms with van der Waals surface area (Å²) in [5.41, 5.74) is 3.65. The van der Waals surface area contributed by atoms with Crippen LogP contribution in [-0.2, 0) is 9.53 Å². The van der Waals surface area contributed by atoms with E-state index in [0.717, 1.165) is 55.7 Å². The summed E-state index contributed by atoms with van der Waals surface area (Å²) in [5.74, 6) is 0.410. The fourth-order valence-electron chi connectivity index (χ4n) is 5.14. The van der Waals surface area contributed by atoms with Crippen LogP contribution in [0, 0.1) is 11.3 Å². The third kappa shape index (κ3) is 2.52. The van der Waals surface area contributed by atoms with Gasteiger partial charge in [0.15, 0.2) is 0 Å². The Balaban J connectivity index is 1.58. The first-order valence-electron chi connectivity index (χ1n) is 9.88.